The van der Waals surface area contributed by atoms with Crippen LogP contribution in [0.15, 0.2) is 64.3 Å². The van der Waals surface area contributed by atoms with Crippen molar-refractivity contribution in [3.63, 3.8) is 0 Å². The predicted octanol–water partition coefficient (Wildman–Crippen LogP) is 4.19. The smallest absolute Gasteiger partial charge is 0.302 e. The number of benzene rings is 2. The third-order valence-electron chi connectivity index (χ3n) is 7.32. The molecule has 5 nitrogen and oxygen atoms in total. The van der Waals surface area contributed by atoms with Gasteiger partial charge in [-0.1, -0.05) is 36.4 Å². The van der Waals surface area contributed by atoms with Crippen molar-refractivity contribution in [3.8, 4) is 11.1 Å². The Hall–Kier alpha value is -3.13. The number of fused-ring (bicyclic) bond motifs is 1. The molecule has 5 rings (SSSR count). The molecule has 0 radical (unpaired) electrons. The fourth-order valence-electron chi connectivity index (χ4n) is 5.40. The number of piperidine rings is 1. The van der Waals surface area contributed by atoms with Gasteiger partial charge in [-0.2, -0.15) is 13.2 Å². The van der Waals surface area contributed by atoms with Crippen LogP contribution in [-0.2, 0) is 18.1 Å². The summed E-state index contributed by atoms with van der Waals surface area (Å²) < 4.78 is 40.2. The van der Waals surface area contributed by atoms with E-state index in [9.17, 15) is 22.8 Å². The molecule has 2 atom stereocenters. The zero-order valence-corrected chi connectivity index (χ0v) is 18.9. The molecule has 0 amide bonds. The maximum atomic E-state index is 12.9. The van der Waals surface area contributed by atoms with Crippen LogP contribution in [0.3, 0.4) is 0 Å². The van der Waals surface area contributed by atoms with Gasteiger partial charge < -0.3 is 4.90 Å². The molecule has 8 heteroatoms. The van der Waals surface area contributed by atoms with Crippen molar-refractivity contribution < 1.29 is 13.2 Å². The lowest BCUT2D eigenvalue weighted by molar-refractivity contribution is -0.137. The molecule has 0 unspecified atom stereocenters. The van der Waals surface area contributed by atoms with Crippen molar-refractivity contribution >= 4 is 0 Å². The van der Waals surface area contributed by atoms with Gasteiger partial charge in [0.25, 0.3) is 5.56 Å². The monoisotopic (exact) mass is 469 g/mol. The number of aromatic nitrogens is 2. The molecule has 2 aliphatic rings. The lowest BCUT2D eigenvalue weighted by atomic mass is 9.94. The van der Waals surface area contributed by atoms with E-state index in [4.69, 9.17) is 0 Å². The third kappa shape index (κ3) is 4.11. The Morgan fingerprint density at radius 2 is 1.76 bits per heavy atom. The van der Waals surface area contributed by atoms with Gasteiger partial charge in [0.1, 0.15) is 0 Å². The Morgan fingerprint density at radius 1 is 1.03 bits per heavy atom. The Kier molecular flexibility index (Phi) is 5.51. The van der Waals surface area contributed by atoms with Crippen LogP contribution in [0.4, 0.5) is 13.2 Å². The van der Waals surface area contributed by atoms with Crippen LogP contribution in [0.5, 0.6) is 0 Å². The minimum Gasteiger partial charge on any atom is -0.302 e. The summed E-state index contributed by atoms with van der Waals surface area (Å²) >= 11 is 0. The van der Waals surface area contributed by atoms with Gasteiger partial charge >= 0.3 is 11.9 Å². The van der Waals surface area contributed by atoms with Crippen LogP contribution in [-0.4, -0.2) is 34.1 Å². The second kappa shape index (κ2) is 8.27. The summed E-state index contributed by atoms with van der Waals surface area (Å²) in [5, 5.41) is 0. The van der Waals surface area contributed by atoms with Crippen molar-refractivity contribution in [2.75, 3.05) is 19.6 Å². The maximum absolute atomic E-state index is 12.9. The van der Waals surface area contributed by atoms with E-state index in [1.807, 2.05) is 31.2 Å². The van der Waals surface area contributed by atoms with Crippen molar-refractivity contribution in [2.45, 2.75) is 37.9 Å². The first kappa shape index (κ1) is 22.7. The Morgan fingerprint density at radius 3 is 2.47 bits per heavy atom. The number of hydrogen-bond acceptors (Lipinski definition) is 3. The number of H-pyrrole nitrogens is 1. The first-order valence-electron chi connectivity index (χ1n) is 11.5. The lowest BCUT2D eigenvalue weighted by Crippen LogP contribution is -2.32. The molecule has 1 saturated heterocycles. The first-order chi connectivity index (χ1) is 16.2. The van der Waals surface area contributed by atoms with Gasteiger partial charge in [0.05, 0.1) is 11.1 Å². The molecule has 1 saturated carbocycles. The molecule has 1 aromatic heterocycles. The quantitative estimate of drug-likeness (QED) is 0.589. The van der Waals surface area contributed by atoms with Crippen molar-refractivity contribution in [1.82, 2.24) is 14.5 Å². The zero-order valence-electron chi connectivity index (χ0n) is 18.9. The summed E-state index contributed by atoms with van der Waals surface area (Å²) in [5.41, 5.74) is 1.74. The second-order valence-corrected chi connectivity index (χ2v) is 9.53. The highest BCUT2D eigenvalue weighted by Crippen LogP contribution is 2.59. The molecule has 1 aliphatic carbocycles. The van der Waals surface area contributed by atoms with E-state index in [1.54, 1.807) is 22.9 Å². The van der Waals surface area contributed by atoms with Crippen LogP contribution in [0.1, 0.15) is 29.5 Å². The summed E-state index contributed by atoms with van der Waals surface area (Å²) in [6.07, 6.45) is -0.947. The minimum absolute atomic E-state index is 0.0447. The van der Waals surface area contributed by atoms with E-state index >= 15 is 0 Å². The second-order valence-electron chi connectivity index (χ2n) is 9.53. The van der Waals surface area contributed by atoms with Crippen LogP contribution in [0.25, 0.3) is 11.1 Å². The van der Waals surface area contributed by atoms with E-state index in [0.29, 0.717) is 18.0 Å². The van der Waals surface area contributed by atoms with Gasteiger partial charge in [0.15, 0.2) is 0 Å². The molecule has 0 spiro atoms. The minimum atomic E-state index is -4.32. The van der Waals surface area contributed by atoms with Crippen LogP contribution in [0, 0.1) is 12.8 Å². The summed E-state index contributed by atoms with van der Waals surface area (Å²) in [5.74, 6) is 0.465. The zero-order chi connectivity index (χ0) is 24.1. The number of alkyl halides is 3. The predicted molar refractivity (Wildman–Crippen MR) is 124 cm³/mol. The average molecular weight is 470 g/mol. The highest BCUT2D eigenvalue weighted by molar-refractivity contribution is 5.65. The molecule has 34 heavy (non-hydrogen) atoms. The van der Waals surface area contributed by atoms with Crippen LogP contribution < -0.4 is 11.2 Å². The molecule has 2 fully saturated rings. The lowest BCUT2D eigenvalue weighted by Gasteiger charge is -2.21. The Bertz CT molecular complexity index is 1330. The van der Waals surface area contributed by atoms with Gasteiger partial charge in [0.2, 0.25) is 0 Å². The number of halogens is 3. The molecule has 1 aliphatic heterocycles. The van der Waals surface area contributed by atoms with Gasteiger partial charge in [0, 0.05) is 31.2 Å². The molecule has 2 heterocycles. The van der Waals surface area contributed by atoms with E-state index < -0.39 is 23.0 Å². The largest absolute Gasteiger partial charge is 0.416 e. The van der Waals surface area contributed by atoms with Crippen molar-refractivity contribution in [3.05, 3.63) is 92.3 Å². The van der Waals surface area contributed by atoms with Crippen molar-refractivity contribution in [1.29, 1.82) is 0 Å². The fraction of sp³-hybridized carbons (Fsp3) is 0.385. The van der Waals surface area contributed by atoms with E-state index in [-0.39, 0.29) is 5.41 Å². The molecular weight excluding hydrogens is 443 g/mol. The van der Waals surface area contributed by atoms with E-state index in [1.165, 1.54) is 12.1 Å². The molecule has 2 aromatic carbocycles. The summed E-state index contributed by atoms with van der Waals surface area (Å²) in [4.78, 5) is 29.5. The summed E-state index contributed by atoms with van der Waals surface area (Å²) in [6, 6.07) is 13.2. The maximum Gasteiger partial charge on any atom is 0.416 e. The van der Waals surface area contributed by atoms with E-state index in [2.05, 4.69) is 9.88 Å². The SMILES string of the molecule is Cc1ccccc1-c1cn(CCCN2C[C@@H]3C[C@]3(c3ccc(C(F)(F)F)cc3)C2)c(=O)[nH]c1=O. The van der Waals surface area contributed by atoms with E-state index in [0.717, 1.165) is 49.2 Å². The first-order valence-corrected chi connectivity index (χ1v) is 11.5. The van der Waals surface area contributed by atoms with Gasteiger partial charge in [-0.15, -0.1) is 0 Å². The van der Waals surface area contributed by atoms with Gasteiger partial charge in [-0.3, -0.25) is 14.3 Å². The summed E-state index contributed by atoms with van der Waals surface area (Å²) in [6.45, 7) is 4.91. The van der Waals surface area contributed by atoms with Crippen molar-refractivity contribution in [2.24, 2.45) is 5.92 Å². The molecule has 0 bridgehead atoms. The Balaban J connectivity index is 1.23. The molecule has 178 valence electrons. The number of nitrogens with zero attached hydrogens (tertiary/aromatic N) is 2. The fourth-order valence-corrected chi connectivity index (χ4v) is 5.40. The number of aromatic amines is 1. The van der Waals surface area contributed by atoms with Gasteiger partial charge in [-0.05, 0) is 61.1 Å². The number of nitrogens with one attached hydrogen (secondary N) is 1. The number of aryl methyl sites for hydroxylation is 2. The third-order valence-corrected chi connectivity index (χ3v) is 7.32. The van der Waals surface area contributed by atoms with Crippen LogP contribution in [0.2, 0.25) is 0 Å². The highest BCUT2D eigenvalue weighted by Gasteiger charge is 2.60. The molecule has 1 N–H and O–H groups in total. The number of hydrogen-bond donors (Lipinski definition) is 1. The summed E-state index contributed by atoms with van der Waals surface area (Å²) in [7, 11) is 0. The molecular formula is C26H26F3N3O2. The van der Waals surface area contributed by atoms with Crippen LogP contribution >= 0.6 is 0 Å². The Labute approximate surface area is 194 Å². The average Bonchev–Trinajstić information content (AvgIpc) is 3.37. The standard InChI is InChI=1S/C26H26F3N3O2/c1-17-5-2-3-6-21(17)22-15-32(24(34)30-23(22)33)12-4-11-31-14-20-13-25(20,16-31)18-7-9-19(10-8-18)26(27,28)29/h2-3,5-10,15,20H,4,11-14,16H2,1H3,(H,30,33,34)/t20-,25+/m0/s1. The molecule has 3 aromatic rings. The number of rotatable bonds is 6. The number of likely N-dealkylation sites (tertiary alicyclic amines) is 1. The normalized spacial score (nSPS) is 22.1. The highest BCUT2D eigenvalue weighted by atomic mass is 19.4. The van der Waals surface area contributed by atoms with Gasteiger partial charge in [-0.25, -0.2) is 4.79 Å². The topological polar surface area (TPSA) is 58.1 Å².